The lowest BCUT2D eigenvalue weighted by atomic mass is 10.1. The highest BCUT2D eigenvalue weighted by atomic mass is 16.6. The quantitative estimate of drug-likeness (QED) is 0.555. The average Bonchev–Trinajstić information content (AvgIpc) is 2.76. The number of esters is 1. The molecule has 0 aromatic carbocycles. The fourth-order valence-corrected chi connectivity index (χ4v) is 1.45. The summed E-state index contributed by atoms with van der Waals surface area (Å²) in [5.74, 6) is -0.0985. The van der Waals surface area contributed by atoms with E-state index >= 15 is 0 Å². The van der Waals surface area contributed by atoms with Crippen LogP contribution in [0, 0.1) is 0 Å². The van der Waals surface area contributed by atoms with Crippen molar-refractivity contribution in [1.29, 1.82) is 0 Å². The summed E-state index contributed by atoms with van der Waals surface area (Å²) in [5, 5.41) is 3.15. The number of hydrogen-bond acceptors (Lipinski definition) is 3. The summed E-state index contributed by atoms with van der Waals surface area (Å²) in [6.45, 7) is 7.85. The summed E-state index contributed by atoms with van der Waals surface area (Å²) in [7, 11) is 0. The Hall–Kier alpha value is -0.570. The van der Waals surface area contributed by atoms with Crippen molar-refractivity contribution in [3.63, 3.8) is 0 Å². The zero-order valence-corrected chi connectivity index (χ0v) is 9.59. The highest BCUT2D eigenvalue weighted by molar-refractivity contribution is 5.80. The Kier molecular flexibility index (Phi) is 3.53. The van der Waals surface area contributed by atoms with E-state index in [1.54, 1.807) is 0 Å². The van der Waals surface area contributed by atoms with Crippen molar-refractivity contribution in [3.8, 4) is 0 Å². The number of hydrogen-bond donors (Lipinski definition) is 1. The van der Waals surface area contributed by atoms with Crippen LogP contribution in [-0.2, 0) is 9.53 Å². The second-order valence-corrected chi connectivity index (χ2v) is 4.93. The molecule has 1 aliphatic rings. The van der Waals surface area contributed by atoms with Gasteiger partial charge in [0.2, 0.25) is 0 Å². The molecule has 2 atom stereocenters. The zero-order chi connectivity index (χ0) is 10.8. The second-order valence-electron chi connectivity index (χ2n) is 4.93. The predicted molar refractivity (Wildman–Crippen MR) is 56.1 cm³/mol. The first kappa shape index (κ1) is 11.5. The topological polar surface area (TPSA) is 48.2 Å². The summed E-state index contributed by atoms with van der Waals surface area (Å²) in [6, 6.07) is 0.325. The SMILES string of the molecule is CCCC[C@H]1N[C@@H]1C(=O)OC(C)(C)C. The largest absolute Gasteiger partial charge is 0.459 e. The molecule has 0 aromatic rings. The molecule has 0 unspecified atom stereocenters. The van der Waals surface area contributed by atoms with Gasteiger partial charge in [0, 0.05) is 6.04 Å². The van der Waals surface area contributed by atoms with E-state index in [-0.39, 0.29) is 17.6 Å². The van der Waals surface area contributed by atoms with Crippen molar-refractivity contribution in [2.75, 3.05) is 0 Å². The Balaban J connectivity index is 2.22. The number of rotatable bonds is 4. The molecule has 1 heterocycles. The Morgan fingerprint density at radius 2 is 2.07 bits per heavy atom. The number of unbranched alkanes of at least 4 members (excludes halogenated alkanes) is 1. The maximum absolute atomic E-state index is 11.5. The normalized spacial score (nSPS) is 26.0. The highest BCUT2D eigenvalue weighted by Gasteiger charge is 2.43. The monoisotopic (exact) mass is 199 g/mol. The molecule has 0 amide bonds. The van der Waals surface area contributed by atoms with E-state index in [1.165, 1.54) is 12.8 Å². The van der Waals surface area contributed by atoms with E-state index in [2.05, 4.69) is 12.2 Å². The third-order valence-electron chi connectivity index (χ3n) is 2.22. The first-order valence-electron chi connectivity index (χ1n) is 5.43. The number of carbonyl (C=O) groups excluding carboxylic acids is 1. The molecule has 1 fully saturated rings. The Morgan fingerprint density at radius 1 is 1.43 bits per heavy atom. The fourth-order valence-electron chi connectivity index (χ4n) is 1.45. The van der Waals surface area contributed by atoms with Crippen LogP contribution in [0.25, 0.3) is 0 Å². The second kappa shape index (κ2) is 4.30. The maximum Gasteiger partial charge on any atom is 0.325 e. The lowest BCUT2D eigenvalue weighted by Crippen LogP contribution is -2.28. The molecule has 0 aromatic heterocycles. The summed E-state index contributed by atoms with van der Waals surface area (Å²) in [5.41, 5.74) is -0.364. The molecule has 0 bridgehead atoms. The average molecular weight is 199 g/mol. The molecular formula is C11H21NO2. The van der Waals surface area contributed by atoms with Gasteiger partial charge in [-0.3, -0.25) is 10.1 Å². The first-order chi connectivity index (χ1) is 6.44. The molecule has 0 saturated carbocycles. The van der Waals surface area contributed by atoms with Gasteiger partial charge in [-0.1, -0.05) is 19.8 Å². The van der Waals surface area contributed by atoms with Gasteiger partial charge in [0.05, 0.1) is 0 Å². The van der Waals surface area contributed by atoms with Crippen LogP contribution < -0.4 is 5.32 Å². The highest BCUT2D eigenvalue weighted by Crippen LogP contribution is 2.21. The van der Waals surface area contributed by atoms with Gasteiger partial charge < -0.3 is 4.74 Å². The van der Waals surface area contributed by atoms with Crippen LogP contribution in [0.1, 0.15) is 47.0 Å². The molecule has 14 heavy (non-hydrogen) atoms. The smallest absolute Gasteiger partial charge is 0.325 e. The van der Waals surface area contributed by atoms with E-state index in [4.69, 9.17) is 4.74 Å². The van der Waals surface area contributed by atoms with Crippen LogP contribution in [0.3, 0.4) is 0 Å². The lowest BCUT2D eigenvalue weighted by molar-refractivity contribution is -0.154. The van der Waals surface area contributed by atoms with Crippen molar-refractivity contribution in [3.05, 3.63) is 0 Å². The fraction of sp³-hybridized carbons (Fsp3) is 0.909. The summed E-state index contributed by atoms with van der Waals surface area (Å²) in [6.07, 6.45) is 3.44. The molecule has 0 spiro atoms. The molecular weight excluding hydrogens is 178 g/mol. The van der Waals surface area contributed by atoms with Gasteiger partial charge in [-0.25, -0.2) is 0 Å². The number of nitrogens with one attached hydrogen (secondary N) is 1. The molecule has 0 aliphatic carbocycles. The maximum atomic E-state index is 11.5. The van der Waals surface area contributed by atoms with Gasteiger partial charge in [-0.2, -0.15) is 0 Å². The molecule has 1 saturated heterocycles. The zero-order valence-electron chi connectivity index (χ0n) is 9.59. The third-order valence-corrected chi connectivity index (χ3v) is 2.22. The van der Waals surface area contributed by atoms with Gasteiger partial charge in [-0.05, 0) is 27.2 Å². The van der Waals surface area contributed by atoms with E-state index in [0.717, 1.165) is 6.42 Å². The van der Waals surface area contributed by atoms with E-state index < -0.39 is 0 Å². The molecule has 1 N–H and O–H groups in total. The number of carbonyl (C=O) groups is 1. The van der Waals surface area contributed by atoms with Crippen LogP contribution >= 0.6 is 0 Å². The summed E-state index contributed by atoms with van der Waals surface area (Å²) < 4.78 is 5.27. The molecule has 1 aliphatic heterocycles. The van der Waals surface area contributed by atoms with Gasteiger partial charge in [0.25, 0.3) is 0 Å². The van der Waals surface area contributed by atoms with Gasteiger partial charge in [0.1, 0.15) is 11.6 Å². The minimum absolute atomic E-state index is 0.0409. The molecule has 0 radical (unpaired) electrons. The van der Waals surface area contributed by atoms with Gasteiger partial charge >= 0.3 is 5.97 Å². The van der Waals surface area contributed by atoms with E-state index in [1.807, 2.05) is 20.8 Å². The van der Waals surface area contributed by atoms with Crippen LogP contribution in [0.5, 0.6) is 0 Å². The minimum atomic E-state index is -0.364. The Labute approximate surface area is 86.2 Å². The predicted octanol–water partition coefficient (Wildman–Crippen LogP) is 1.86. The molecule has 1 rings (SSSR count). The number of ether oxygens (including phenoxy) is 1. The Bertz CT molecular complexity index is 208. The van der Waals surface area contributed by atoms with Crippen molar-refractivity contribution in [2.45, 2.75) is 64.6 Å². The van der Waals surface area contributed by atoms with Crippen LogP contribution in [0.2, 0.25) is 0 Å². The van der Waals surface area contributed by atoms with Crippen molar-refractivity contribution in [1.82, 2.24) is 5.32 Å². The van der Waals surface area contributed by atoms with Crippen LogP contribution in [-0.4, -0.2) is 23.7 Å². The van der Waals surface area contributed by atoms with E-state index in [9.17, 15) is 4.79 Å². The molecule has 82 valence electrons. The Morgan fingerprint density at radius 3 is 2.57 bits per heavy atom. The third kappa shape index (κ3) is 3.66. The lowest BCUT2D eigenvalue weighted by Gasteiger charge is -2.19. The van der Waals surface area contributed by atoms with Crippen LogP contribution in [0.15, 0.2) is 0 Å². The van der Waals surface area contributed by atoms with Crippen LogP contribution in [0.4, 0.5) is 0 Å². The summed E-state index contributed by atoms with van der Waals surface area (Å²) in [4.78, 5) is 11.5. The van der Waals surface area contributed by atoms with Crippen molar-refractivity contribution in [2.24, 2.45) is 0 Å². The molecule has 3 nitrogen and oxygen atoms in total. The van der Waals surface area contributed by atoms with Crippen molar-refractivity contribution < 1.29 is 9.53 Å². The van der Waals surface area contributed by atoms with Gasteiger partial charge in [-0.15, -0.1) is 0 Å². The van der Waals surface area contributed by atoms with Crippen molar-refractivity contribution >= 4 is 5.97 Å². The summed E-state index contributed by atoms with van der Waals surface area (Å²) >= 11 is 0. The first-order valence-corrected chi connectivity index (χ1v) is 5.43. The van der Waals surface area contributed by atoms with E-state index in [0.29, 0.717) is 6.04 Å². The standard InChI is InChI=1S/C11H21NO2/c1-5-6-7-8-9(12-8)10(13)14-11(2,3)4/h8-9,12H,5-7H2,1-4H3/t8-,9+/m1/s1. The molecule has 3 heteroatoms. The van der Waals surface area contributed by atoms with Gasteiger partial charge in [0.15, 0.2) is 0 Å². The minimum Gasteiger partial charge on any atom is -0.459 e.